The number of carbonyl (C=O) groups is 2. The quantitative estimate of drug-likeness (QED) is 0.168. The summed E-state index contributed by atoms with van der Waals surface area (Å²) in [6.45, 7) is 2.74. The molecule has 1 saturated heterocycles. The Kier molecular flexibility index (Phi) is 10.1. The molecule has 0 radical (unpaired) electrons. The van der Waals surface area contributed by atoms with E-state index in [0.29, 0.717) is 11.1 Å². The first-order valence-corrected chi connectivity index (χ1v) is 12.2. The lowest BCUT2D eigenvalue weighted by molar-refractivity contribution is -0.318. The number of phenols is 2. The second-order valence-electron chi connectivity index (χ2n) is 9.07. The molecular weight excluding hydrogens is 504 g/mol. The minimum Gasteiger partial charge on any atom is -0.504 e. The van der Waals surface area contributed by atoms with E-state index in [0.717, 1.165) is 6.26 Å². The maximum Gasteiger partial charge on any atom is 0.337 e. The summed E-state index contributed by atoms with van der Waals surface area (Å²) in [6.07, 6.45) is -3.02. The fraction of sp³-hybridized carbons (Fsp3) is 0.538. The first kappa shape index (κ1) is 29.4. The molecule has 210 valence electrons. The van der Waals surface area contributed by atoms with E-state index in [1.54, 1.807) is 26.0 Å². The van der Waals surface area contributed by atoms with Crippen molar-refractivity contribution in [3.05, 3.63) is 47.2 Å². The Labute approximate surface area is 219 Å². The van der Waals surface area contributed by atoms with Gasteiger partial charge in [0.1, 0.15) is 12.2 Å². The molecule has 0 aromatic heterocycles. The van der Waals surface area contributed by atoms with E-state index in [2.05, 4.69) is 0 Å². The molecular formula is C26H34O12. The minimum atomic E-state index is -1.27. The van der Waals surface area contributed by atoms with E-state index in [9.17, 15) is 35.1 Å². The molecule has 3 rings (SSSR count). The number of allylic oxidation sites excluding steroid dienone is 1. The van der Waals surface area contributed by atoms with Crippen LogP contribution in [0.2, 0.25) is 0 Å². The van der Waals surface area contributed by atoms with Gasteiger partial charge in [0.25, 0.3) is 0 Å². The lowest BCUT2D eigenvalue weighted by Crippen LogP contribution is -2.56. The van der Waals surface area contributed by atoms with Gasteiger partial charge in [0.05, 0.1) is 44.7 Å². The second-order valence-corrected chi connectivity index (χ2v) is 9.07. The van der Waals surface area contributed by atoms with Gasteiger partial charge in [-0.1, -0.05) is 19.1 Å². The van der Waals surface area contributed by atoms with Crippen LogP contribution in [0.4, 0.5) is 0 Å². The van der Waals surface area contributed by atoms with Crippen LogP contribution in [0, 0.1) is 11.8 Å². The van der Waals surface area contributed by atoms with E-state index >= 15 is 0 Å². The summed E-state index contributed by atoms with van der Waals surface area (Å²) in [7, 11) is 1.19. The molecule has 2 heterocycles. The number of methoxy groups -OCH3 is 1. The van der Waals surface area contributed by atoms with Gasteiger partial charge in [-0.15, -0.1) is 0 Å². The molecule has 12 heteroatoms. The van der Waals surface area contributed by atoms with E-state index in [1.165, 1.54) is 19.2 Å². The van der Waals surface area contributed by atoms with Gasteiger partial charge in [-0.05, 0) is 24.6 Å². The van der Waals surface area contributed by atoms with E-state index in [1.807, 2.05) is 0 Å². The van der Waals surface area contributed by atoms with Crippen molar-refractivity contribution in [2.24, 2.45) is 11.8 Å². The van der Waals surface area contributed by atoms with Crippen LogP contribution in [0.3, 0.4) is 0 Å². The summed E-state index contributed by atoms with van der Waals surface area (Å²) in [6, 6.07) is 4.28. The average Bonchev–Trinajstić information content (AvgIpc) is 2.90. The Morgan fingerprint density at radius 1 is 1.13 bits per heavy atom. The first-order valence-electron chi connectivity index (χ1n) is 12.2. The highest BCUT2D eigenvalue weighted by molar-refractivity contribution is 5.90. The molecule has 0 aliphatic carbocycles. The third kappa shape index (κ3) is 6.63. The molecule has 2 aliphatic heterocycles. The van der Waals surface area contributed by atoms with Gasteiger partial charge in [0.2, 0.25) is 6.29 Å². The van der Waals surface area contributed by atoms with Crippen LogP contribution in [0.1, 0.15) is 25.8 Å². The molecule has 0 spiro atoms. The summed E-state index contributed by atoms with van der Waals surface area (Å²) in [5.41, 5.74) is 1.08. The molecule has 2 unspecified atom stereocenters. The number of aliphatic hydroxyl groups excluding tert-OH is 3. The highest BCUT2D eigenvalue weighted by Crippen LogP contribution is 2.37. The number of carbonyl (C=O) groups excluding carboxylic acids is 2. The Morgan fingerprint density at radius 2 is 1.87 bits per heavy atom. The van der Waals surface area contributed by atoms with Crippen molar-refractivity contribution in [2.75, 3.05) is 20.3 Å². The average molecular weight is 539 g/mol. The normalized spacial score (nSPS) is 30.3. The number of ether oxygens (including phenoxy) is 5. The monoisotopic (exact) mass is 538 g/mol. The van der Waals surface area contributed by atoms with Gasteiger partial charge >= 0.3 is 11.9 Å². The fourth-order valence-electron chi connectivity index (χ4n) is 4.36. The smallest absolute Gasteiger partial charge is 0.337 e. The molecule has 7 atom stereocenters. The number of esters is 2. The number of aliphatic hydroxyl groups is 3. The SMILES string of the molecule is C/C=C1/C(CC(=O)OCCc2ccc(O)c(O)c2)C(C(=O)OC)=CO[C@H]1OC1O[C@H](CO)[C@@H](O)[C@H](C)[C@H]1O. The van der Waals surface area contributed by atoms with E-state index < -0.39 is 61.3 Å². The molecule has 1 aromatic rings. The van der Waals surface area contributed by atoms with Crippen molar-refractivity contribution < 1.29 is 58.8 Å². The predicted octanol–water partition coefficient (Wildman–Crippen LogP) is 0.641. The van der Waals surface area contributed by atoms with Crippen molar-refractivity contribution in [3.63, 3.8) is 0 Å². The lowest BCUT2D eigenvalue weighted by Gasteiger charge is -2.42. The number of benzene rings is 1. The number of phenolic OH excluding ortho intramolecular Hbond substituents is 2. The van der Waals surface area contributed by atoms with Crippen LogP contribution in [0.25, 0.3) is 0 Å². The molecule has 2 aliphatic rings. The van der Waals surface area contributed by atoms with Crippen molar-refractivity contribution in [1.29, 1.82) is 0 Å². The first-order chi connectivity index (χ1) is 18.1. The third-order valence-corrected chi connectivity index (χ3v) is 6.67. The number of aromatic hydroxyl groups is 2. The van der Waals surface area contributed by atoms with Crippen LogP contribution in [-0.2, 0) is 39.7 Å². The molecule has 1 aromatic carbocycles. The largest absolute Gasteiger partial charge is 0.504 e. The predicted molar refractivity (Wildman–Crippen MR) is 129 cm³/mol. The van der Waals surface area contributed by atoms with Crippen LogP contribution in [0.15, 0.2) is 41.7 Å². The van der Waals surface area contributed by atoms with Crippen molar-refractivity contribution in [1.82, 2.24) is 0 Å². The number of hydrogen-bond acceptors (Lipinski definition) is 12. The van der Waals surface area contributed by atoms with Gasteiger partial charge in [0.15, 0.2) is 17.8 Å². The van der Waals surface area contributed by atoms with Crippen molar-refractivity contribution in [2.45, 2.75) is 57.6 Å². The maximum atomic E-state index is 12.7. The topological polar surface area (TPSA) is 181 Å². The van der Waals surface area contributed by atoms with Gasteiger partial charge in [-0.25, -0.2) is 4.79 Å². The molecule has 0 bridgehead atoms. The third-order valence-electron chi connectivity index (χ3n) is 6.67. The molecule has 12 nitrogen and oxygen atoms in total. The zero-order valence-corrected chi connectivity index (χ0v) is 21.4. The van der Waals surface area contributed by atoms with Crippen LogP contribution in [-0.4, -0.2) is 88.7 Å². The van der Waals surface area contributed by atoms with Gasteiger partial charge < -0.3 is 49.2 Å². The second kappa shape index (κ2) is 13.1. The highest BCUT2D eigenvalue weighted by Gasteiger charge is 2.45. The summed E-state index contributed by atoms with van der Waals surface area (Å²) < 4.78 is 27.2. The highest BCUT2D eigenvalue weighted by atomic mass is 16.8. The number of hydrogen-bond donors (Lipinski definition) is 5. The molecule has 5 N–H and O–H groups in total. The Hall–Kier alpha value is -3.16. The van der Waals surface area contributed by atoms with Crippen LogP contribution < -0.4 is 0 Å². The summed E-state index contributed by atoms with van der Waals surface area (Å²) in [5, 5.41) is 49.3. The van der Waals surface area contributed by atoms with Crippen LogP contribution >= 0.6 is 0 Å². The van der Waals surface area contributed by atoms with Crippen molar-refractivity contribution >= 4 is 11.9 Å². The standard InChI is InChI=1S/C26H34O12/c1-4-15-16(10-21(30)35-8-7-14-5-6-18(28)19(29)9-14)17(24(33)34-3)12-36-25(15)38-26-23(32)13(2)22(31)20(11-27)37-26/h4-6,9,12-13,16,20,22-23,25-29,31-32H,7-8,10-11H2,1-3H3/b15-4-/t13-,16?,20+,22-,23+,25-,26?/m0/s1. The fourth-order valence-corrected chi connectivity index (χ4v) is 4.36. The Bertz CT molecular complexity index is 1050. The Morgan fingerprint density at radius 3 is 2.50 bits per heavy atom. The van der Waals surface area contributed by atoms with Crippen LogP contribution in [0.5, 0.6) is 11.5 Å². The molecule has 1 fully saturated rings. The molecule has 0 saturated carbocycles. The summed E-state index contributed by atoms with van der Waals surface area (Å²) in [5.74, 6) is -3.40. The minimum absolute atomic E-state index is 0.0144. The van der Waals surface area contributed by atoms with Gasteiger partial charge in [-0.2, -0.15) is 0 Å². The maximum absolute atomic E-state index is 12.7. The zero-order valence-electron chi connectivity index (χ0n) is 21.4. The summed E-state index contributed by atoms with van der Waals surface area (Å²) >= 11 is 0. The van der Waals surface area contributed by atoms with E-state index in [4.69, 9.17) is 23.7 Å². The lowest BCUT2D eigenvalue weighted by atomic mass is 9.86. The van der Waals surface area contributed by atoms with Crippen molar-refractivity contribution in [3.8, 4) is 11.5 Å². The zero-order chi connectivity index (χ0) is 28.0. The number of rotatable bonds is 9. The Balaban J connectivity index is 1.71. The van der Waals surface area contributed by atoms with E-state index in [-0.39, 0.29) is 36.5 Å². The van der Waals surface area contributed by atoms with Gasteiger partial charge in [-0.3, -0.25) is 4.79 Å². The molecule has 38 heavy (non-hydrogen) atoms. The molecule has 0 amide bonds. The summed E-state index contributed by atoms with van der Waals surface area (Å²) in [4.78, 5) is 25.2. The van der Waals surface area contributed by atoms with Gasteiger partial charge in [0, 0.05) is 23.8 Å².